The number of halogens is 1. The van der Waals surface area contributed by atoms with E-state index in [9.17, 15) is 14.3 Å². The number of nitrogens with one attached hydrogen (secondary N) is 2. The monoisotopic (exact) mass is 344 g/mol. The van der Waals surface area contributed by atoms with Gasteiger partial charge in [-0.15, -0.1) is 0 Å². The van der Waals surface area contributed by atoms with Gasteiger partial charge in [-0.2, -0.15) is 0 Å². The molecule has 2 aromatic rings. The Labute approximate surface area is 145 Å². The van der Waals surface area contributed by atoms with Gasteiger partial charge in [-0.1, -0.05) is 13.0 Å². The standard InChI is InChI=1S/C19H21FN2O3/c1-3-17-19(24)22-15-6-4-12(9-18(15)25-17)11(2)21-10-13-8-14(20)5-7-16(13)23/h4-9,11,17,21,23H,3,10H2,1-2H3,(H,22,24). The van der Waals surface area contributed by atoms with Crippen LogP contribution in [-0.2, 0) is 11.3 Å². The summed E-state index contributed by atoms with van der Waals surface area (Å²) >= 11 is 0. The predicted octanol–water partition coefficient (Wildman–Crippen LogP) is 3.49. The molecule has 1 heterocycles. The number of aromatic hydroxyl groups is 1. The van der Waals surface area contributed by atoms with Crippen molar-refractivity contribution in [2.45, 2.75) is 39.0 Å². The van der Waals surface area contributed by atoms with E-state index >= 15 is 0 Å². The fourth-order valence-electron chi connectivity index (χ4n) is 2.77. The van der Waals surface area contributed by atoms with Crippen molar-refractivity contribution in [1.82, 2.24) is 5.32 Å². The van der Waals surface area contributed by atoms with Crippen LogP contribution in [0.3, 0.4) is 0 Å². The molecule has 25 heavy (non-hydrogen) atoms. The van der Waals surface area contributed by atoms with E-state index in [0.717, 1.165) is 5.56 Å². The second-order valence-electron chi connectivity index (χ2n) is 6.14. The second kappa shape index (κ2) is 7.11. The van der Waals surface area contributed by atoms with Crippen LogP contribution >= 0.6 is 0 Å². The lowest BCUT2D eigenvalue weighted by atomic mass is 10.1. The van der Waals surface area contributed by atoms with E-state index in [1.165, 1.54) is 18.2 Å². The normalized spacial score (nSPS) is 17.4. The van der Waals surface area contributed by atoms with Gasteiger partial charge >= 0.3 is 0 Å². The van der Waals surface area contributed by atoms with Gasteiger partial charge in [-0.3, -0.25) is 4.79 Å². The fourth-order valence-corrected chi connectivity index (χ4v) is 2.77. The maximum Gasteiger partial charge on any atom is 0.265 e. The molecule has 132 valence electrons. The van der Waals surface area contributed by atoms with E-state index in [1.54, 1.807) is 0 Å². The largest absolute Gasteiger partial charge is 0.508 e. The van der Waals surface area contributed by atoms with Gasteiger partial charge in [0.05, 0.1) is 5.69 Å². The summed E-state index contributed by atoms with van der Waals surface area (Å²) in [5.41, 5.74) is 2.13. The van der Waals surface area contributed by atoms with Crippen LogP contribution in [0.2, 0.25) is 0 Å². The summed E-state index contributed by atoms with van der Waals surface area (Å²) < 4.78 is 19.0. The Balaban J connectivity index is 1.72. The number of anilines is 1. The first-order valence-corrected chi connectivity index (χ1v) is 8.30. The van der Waals surface area contributed by atoms with E-state index in [2.05, 4.69) is 10.6 Å². The van der Waals surface area contributed by atoms with Crippen LogP contribution in [0, 0.1) is 5.82 Å². The van der Waals surface area contributed by atoms with Crippen LogP contribution in [0.4, 0.5) is 10.1 Å². The molecule has 2 unspecified atom stereocenters. The Morgan fingerprint density at radius 3 is 2.88 bits per heavy atom. The number of hydrogen-bond donors (Lipinski definition) is 3. The average Bonchev–Trinajstić information content (AvgIpc) is 2.61. The third-order valence-corrected chi connectivity index (χ3v) is 4.34. The Hall–Kier alpha value is -2.60. The zero-order chi connectivity index (χ0) is 18.0. The molecule has 0 aliphatic carbocycles. The summed E-state index contributed by atoms with van der Waals surface area (Å²) in [6.45, 7) is 4.20. The lowest BCUT2D eigenvalue weighted by molar-refractivity contribution is -0.123. The van der Waals surface area contributed by atoms with E-state index in [-0.39, 0.29) is 23.5 Å². The molecule has 0 saturated heterocycles. The van der Waals surface area contributed by atoms with E-state index in [0.29, 0.717) is 30.0 Å². The van der Waals surface area contributed by atoms with Gasteiger partial charge in [-0.05, 0) is 49.2 Å². The summed E-state index contributed by atoms with van der Waals surface area (Å²) in [5.74, 6) is 0.191. The highest BCUT2D eigenvalue weighted by atomic mass is 19.1. The number of rotatable bonds is 5. The van der Waals surface area contributed by atoms with E-state index in [1.807, 2.05) is 32.0 Å². The van der Waals surface area contributed by atoms with Crippen molar-refractivity contribution in [3.63, 3.8) is 0 Å². The summed E-state index contributed by atoms with van der Waals surface area (Å²) in [7, 11) is 0. The second-order valence-corrected chi connectivity index (χ2v) is 6.14. The number of benzene rings is 2. The van der Waals surface area contributed by atoms with Gasteiger partial charge in [0.15, 0.2) is 6.10 Å². The third kappa shape index (κ3) is 3.74. The topological polar surface area (TPSA) is 70.6 Å². The van der Waals surface area contributed by atoms with Crippen LogP contribution in [0.1, 0.15) is 37.4 Å². The number of hydrogen-bond acceptors (Lipinski definition) is 4. The SMILES string of the molecule is CCC1Oc2cc(C(C)NCc3cc(F)ccc3O)ccc2NC1=O. The molecule has 1 aliphatic heterocycles. The van der Waals surface area contributed by atoms with Crippen molar-refractivity contribution >= 4 is 11.6 Å². The highest BCUT2D eigenvalue weighted by molar-refractivity contribution is 5.97. The summed E-state index contributed by atoms with van der Waals surface area (Å²) in [6, 6.07) is 9.44. The van der Waals surface area contributed by atoms with Crippen LogP contribution in [0.15, 0.2) is 36.4 Å². The quantitative estimate of drug-likeness (QED) is 0.776. The highest BCUT2D eigenvalue weighted by Gasteiger charge is 2.26. The lowest BCUT2D eigenvalue weighted by Gasteiger charge is -2.26. The van der Waals surface area contributed by atoms with Crippen molar-refractivity contribution in [2.75, 3.05) is 5.32 Å². The van der Waals surface area contributed by atoms with Crippen molar-refractivity contribution in [2.24, 2.45) is 0 Å². The molecule has 3 rings (SSSR count). The molecule has 0 fully saturated rings. The molecule has 3 N–H and O–H groups in total. The predicted molar refractivity (Wildman–Crippen MR) is 93.1 cm³/mol. The fraction of sp³-hybridized carbons (Fsp3) is 0.316. The molecular weight excluding hydrogens is 323 g/mol. The smallest absolute Gasteiger partial charge is 0.265 e. The number of phenolic OH excluding ortho intramolecular Hbond substituents is 1. The molecule has 1 amide bonds. The van der Waals surface area contributed by atoms with Gasteiger partial charge in [0, 0.05) is 18.2 Å². The molecule has 0 radical (unpaired) electrons. The zero-order valence-corrected chi connectivity index (χ0v) is 14.2. The van der Waals surface area contributed by atoms with Crippen molar-refractivity contribution in [1.29, 1.82) is 0 Å². The van der Waals surface area contributed by atoms with Crippen LogP contribution in [-0.4, -0.2) is 17.1 Å². The number of ether oxygens (including phenoxy) is 1. The first-order valence-electron chi connectivity index (χ1n) is 8.30. The van der Waals surface area contributed by atoms with Gasteiger partial charge in [-0.25, -0.2) is 4.39 Å². The molecule has 6 heteroatoms. The maximum atomic E-state index is 13.3. The first-order chi connectivity index (χ1) is 12.0. The molecule has 2 atom stereocenters. The Morgan fingerprint density at radius 1 is 1.32 bits per heavy atom. The minimum Gasteiger partial charge on any atom is -0.508 e. The van der Waals surface area contributed by atoms with Crippen LogP contribution < -0.4 is 15.4 Å². The van der Waals surface area contributed by atoms with Gasteiger partial charge in [0.25, 0.3) is 5.91 Å². The zero-order valence-electron chi connectivity index (χ0n) is 14.2. The van der Waals surface area contributed by atoms with Gasteiger partial charge < -0.3 is 20.5 Å². The van der Waals surface area contributed by atoms with Crippen molar-refractivity contribution in [3.8, 4) is 11.5 Å². The molecule has 0 saturated carbocycles. The number of fused-ring (bicyclic) bond motifs is 1. The maximum absolute atomic E-state index is 13.3. The molecule has 5 nitrogen and oxygen atoms in total. The number of amides is 1. The van der Waals surface area contributed by atoms with Gasteiger partial charge in [0.1, 0.15) is 17.3 Å². The molecular formula is C19H21FN2O3. The lowest BCUT2D eigenvalue weighted by Crippen LogP contribution is -2.36. The molecule has 2 aromatic carbocycles. The summed E-state index contributed by atoms with van der Waals surface area (Å²) in [4.78, 5) is 11.8. The minimum absolute atomic E-state index is 0.0470. The van der Waals surface area contributed by atoms with E-state index < -0.39 is 6.10 Å². The van der Waals surface area contributed by atoms with E-state index in [4.69, 9.17) is 4.74 Å². The number of carbonyl (C=O) groups is 1. The average molecular weight is 344 g/mol. The number of carbonyl (C=O) groups excluding carboxylic acids is 1. The molecule has 1 aliphatic rings. The van der Waals surface area contributed by atoms with Crippen LogP contribution in [0.5, 0.6) is 11.5 Å². The van der Waals surface area contributed by atoms with Gasteiger partial charge in [0.2, 0.25) is 0 Å². The Bertz CT molecular complexity index is 794. The molecule has 0 bridgehead atoms. The molecule has 0 aromatic heterocycles. The number of phenols is 1. The highest BCUT2D eigenvalue weighted by Crippen LogP contribution is 2.33. The van der Waals surface area contributed by atoms with Crippen molar-refractivity contribution in [3.05, 3.63) is 53.3 Å². The Morgan fingerprint density at radius 2 is 2.12 bits per heavy atom. The third-order valence-electron chi connectivity index (χ3n) is 4.34. The molecule has 0 spiro atoms. The summed E-state index contributed by atoms with van der Waals surface area (Å²) in [5, 5.41) is 15.9. The minimum atomic E-state index is -0.477. The van der Waals surface area contributed by atoms with Crippen LogP contribution in [0.25, 0.3) is 0 Å². The van der Waals surface area contributed by atoms with Crippen molar-refractivity contribution < 1.29 is 19.0 Å². The summed E-state index contributed by atoms with van der Waals surface area (Å²) in [6.07, 6.45) is 0.123. The Kier molecular flexibility index (Phi) is 4.90. The first kappa shape index (κ1) is 17.2.